The normalized spacial score (nSPS) is 16.2. The summed E-state index contributed by atoms with van der Waals surface area (Å²) < 4.78 is 7.67. The third-order valence-corrected chi connectivity index (χ3v) is 5.84. The van der Waals surface area contributed by atoms with Crippen molar-refractivity contribution in [3.05, 3.63) is 46.2 Å². The average Bonchev–Trinajstić information content (AvgIpc) is 3.22. The molecule has 1 aromatic heterocycles. The standard InChI is InChI=1S/C24H33ClN4O3/c1-4-29-21(16-20(27-29)17(2)3)24(31)28-12-6-5-11-26-23(30)19-15-18(25)9-10-22(19)32-14-8-7-13-28/h9-10,15-17H,4-8,11-14H2,1-3H3,(H,26,30). The fourth-order valence-corrected chi connectivity index (χ4v) is 3.90. The molecule has 174 valence electrons. The van der Waals surface area contributed by atoms with Crippen molar-refractivity contribution < 1.29 is 14.3 Å². The number of carbonyl (C=O) groups excluding carboxylic acids is 2. The largest absolute Gasteiger partial charge is 0.493 e. The third-order valence-electron chi connectivity index (χ3n) is 5.60. The van der Waals surface area contributed by atoms with E-state index in [1.165, 1.54) is 0 Å². The van der Waals surface area contributed by atoms with Gasteiger partial charge in [0.05, 0.1) is 17.9 Å². The summed E-state index contributed by atoms with van der Waals surface area (Å²) in [6.45, 7) is 9.12. The second-order valence-electron chi connectivity index (χ2n) is 8.38. The molecule has 0 spiro atoms. The summed E-state index contributed by atoms with van der Waals surface area (Å²) in [7, 11) is 0. The van der Waals surface area contributed by atoms with Crippen LogP contribution in [-0.4, -0.2) is 52.7 Å². The average molecular weight is 461 g/mol. The zero-order valence-corrected chi connectivity index (χ0v) is 20.0. The highest BCUT2D eigenvalue weighted by Gasteiger charge is 2.22. The molecule has 0 bridgehead atoms. The number of hydrogen-bond acceptors (Lipinski definition) is 4. The summed E-state index contributed by atoms with van der Waals surface area (Å²) in [6, 6.07) is 7.02. The molecule has 0 saturated carbocycles. The summed E-state index contributed by atoms with van der Waals surface area (Å²) in [5.41, 5.74) is 2.04. The Hall–Kier alpha value is -2.54. The van der Waals surface area contributed by atoms with Gasteiger partial charge in [-0.25, -0.2) is 0 Å². The van der Waals surface area contributed by atoms with Gasteiger partial charge in [-0.15, -0.1) is 0 Å². The Morgan fingerprint density at radius 2 is 1.94 bits per heavy atom. The minimum atomic E-state index is -0.194. The van der Waals surface area contributed by atoms with Crippen molar-refractivity contribution >= 4 is 23.4 Å². The molecule has 0 atom stereocenters. The maximum atomic E-state index is 13.4. The molecule has 2 aromatic rings. The number of nitrogens with zero attached hydrogens (tertiary/aromatic N) is 3. The lowest BCUT2D eigenvalue weighted by Gasteiger charge is -2.23. The van der Waals surface area contributed by atoms with Gasteiger partial charge in [0, 0.05) is 31.2 Å². The van der Waals surface area contributed by atoms with Crippen LogP contribution < -0.4 is 10.1 Å². The molecule has 7 nitrogen and oxygen atoms in total. The zero-order chi connectivity index (χ0) is 23.1. The Labute approximate surface area is 195 Å². The monoisotopic (exact) mass is 460 g/mol. The Morgan fingerprint density at radius 3 is 2.66 bits per heavy atom. The van der Waals surface area contributed by atoms with Crippen molar-refractivity contribution in [1.29, 1.82) is 0 Å². The van der Waals surface area contributed by atoms with Gasteiger partial charge in [-0.2, -0.15) is 5.10 Å². The van der Waals surface area contributed by atoms with Crippen LogP contribution in [0.5, 0.6) is 5.75 Å². The lowest BCUT2D eigenvalue weighted by atomic mass is 10.1. The van der Waals surface area contributed by atoms with Crippen LogP contribution in [0.1, 0.15) is 78.9 Å². The number of aryl methyl sites for hydroxylation is 1. The van der Waals surface area contributed by atoms with E-state index in [4.69, 9.17) is 16.3 Å². The third kappa shape index (κ3) is 6.03. The van der Waals surface area contributed by atoms with E-state index in [0.717, 1.165) is 31.4 Å². The predicted molar refractivity (Wildman–Crippen MR) is 126 cm³/mol. The van der Waals surface area contributed by atoms with E-state index < -0.39 is 0 Å². The van der Waals surface area contributed by atoms with Crippen LogP contribution in [0.2, 0.25) is 5.02 Å². The van der Waals surface area contributed by atoms with E-state index in [1.807, 2.05) is 17.9 Å². The summed E-state index contributed by atoms with van der Waals surface area (Å²) in [6.07, 6.45) is 3.18. The molecule has 1 aromatic carbocycles. The maximum absolute atomic E-state index is 13.4. The molecular weight excluding hydrogens is 428 g/mol. The van der Waals surface area contributed by atoms with Crippen molar-refractivity contribution in [1.82, 2.24) is 20.0 Å². The Bertz CT molecular complexity index is 941. The number of halogens is 1. The van der Waals surface area contributed by atoms with Crippen LogP contribution in [0.15, 0.2) is 24.3 Å². The van der Waals surface area contributed by atoms with Crippen LogP contribution in [0.25, 0.3) is 0 Å². The van der Waals surface area contributed by atoms with Gasteiger partial charge in [-0.3, -0.25) is 14.3 Å². The molecule has 1 aliphatic heterocycles. The van der Waals surface area contributed by atoms with Gasteiger partial charge in [0.25, 0.3) is 11.8 Å². The van der Waals surface area contributed by atoms with Crippen molar-refractivity contribution in [2.45, 2.75) is 58.9 Å². The van der Waals surface area contributed by atoms with Gasteiger partial charge in [0.2, 0.25) is 0 Å². The Kier molecular flexibility index (Phi) is 8.56. The van der Waals surface area contributed by atoms with Crippen molar-refractivity contribution in [2.75, 3.05) is 26.2 Å². The smallest absolute Gasteiger partial charge is 0.272 e. The first kappa shape index (κ1) is 24.1. The summed E-state index contributed by atoms with van der Waals surface area (Å²) in [4.78, 5) is 27.9. The van der Waals surface area contributed by atoms with Crippen LogP contribution in [-0.2, 0) is 6.54 Å². The number of carbonyl (C=O) groups is 2. The maximum Gasteiger partial charge on any atom is 0.272 e. The fourth-order valence-electron chi connectivity index (χ4n) is 3.73. The number of hydrogen-bond donors (Lipinski definition) is 1. The molecule has 8 heteroatoms. The molecule has 2 amide bonds. The first-order valence-corrected chi connectivity index (χ1v) is 11.9. The number of amides is 2. The van der Waals surface area contributed by atoms with Crippen LogP contribution in [0.3, 0.4) is 0 Å². The first-order valence-electron chi connectivity index (χ1n) is 11.5. The molecule has 0 fully saturated rings. The fraction of sp³-hybridized carbons (Fsp3) is 0.542. The number of fused-ring (bicyclic) bond motifs is 1. The first-order chi connectivity index (χ1) is 15.4. The van der Waals surface area contributed by atoms with Gasteiger partial charge >= 0.3 is 0 Å². The lowest BCUT2D eigenvalue weighted by Crippen LogP contribution is -2.35. The van der Waals surface area contributed by atoms with Gasteiger partial charge < -0.3 is 15.0 Å². The number of nitrogens with one attached hydrogen (secondary N) is 1. The van der Waals surface area contributed by atoms with Crippen molar-refractivity contribution in [3.63, 3.8) is 0 Å². The van der Waals surface area contributed by atoms with Gasteiger partial charge in [0.1, 0.15) is 11.4 Å². The number of rotatable bonds is 3. The summed E-state index contributed by atoms with van der Waals surface area (Å²) in [5, 5.41) is 8.04. The van der Waals surface area contributed by atoms with Crippen LogP contribution in [0.4, 0.5) is 0 Å². The summed E-state index contributed by atoms with van der Waals surface area (Å²) >= 11 is 6.07. The minimum Gasteiger partial charge on any atom is -0.493 e. The molecule has 1 aliphatic rings. The van der Waals surface area contributed by atoms with Crippen molar-refractivity contribution in [2.24, 2.45) is 0 Å². The molecule has 0 aliphatic carbocycles. The van der Waals surface area contributed by atoms with E-state index in [0.29, 0.717) is 54.8 Å². The highest BCUT2D eigenvalue weighted by atomic mass is 35.5. The molecule has 0 radical (unpaired) electrons. The van der Waals surface area contributed by atoms with E-state index in [-0.39, 0.29) is 17.7 Å². The van der Waals surface area contributed by atoms with Crippen molar-refractivity contribution in [3.8, 4) is 5.75 Å². The van der Waals surface area contributed by atoms with Crippen LogP contribution >= 0.6 is 11.6 Å². The number of benzene rings is 1. The van der Waals surface area contributed by atoms with E-state index in [9.17, 15) is 9.59 Å². The van der Waals surface area contributed by atoms with E-state index in [1.54, 1.807) is 22.9 Å². The van der Waals surface area contributed by atoms with Gasteiger partial charge in [-0.1, -0.05) is 25.4 Å². The minimum absolute atomic E-state index is 0.0169. The highest BCUT2D eigenvalue weighted by molar-refractivity contribution is 6.31. The Balaban J connectivity index is 1.71. The molecular formula is C24H33ClN4O3. The molecule has 3 rings (SSSR count). The van der Waals surface area contributed by atoms with Gasteiger partial charge in [0.15, 0.2) is 0 Å². The van der Waals surface area contributed by atoms with Crippen LogP contribution in [0, 0.1) is 0 Å². The second kappa shape index (κ2) is 11.4. The SMILES string of the molecule is CCn1nc(C(C)C)cc1C(=O)N1CCCCNC(=O)c2cc(Cl)ccc2OCCCC1. The lowest BCUT2D eigenvalue weighted by molar-refractivity contribution is 0.0733. The molecule has 32 heavy (non-hydrogen) atoms. The molecule has 1 N–H and O–H groups in total. The quantitative estimate of drug-likeness (QED) is 0.731. The Morgan fingerprint density at radius 1 is 1.19 bits per heavy atom. The second-order valence-corrected chi connectivity index (χ2v) is 8.81. The van der Waals surface area contributed by atoms with E-state index in [2.05, 4.69) is 24.3 Å². The highest BCUT2D eigenvalue weighted by Crippen LogP contribution is 2.23. The zero-order valence-electron chi connectivity index (χ0n) is 19.2. The topological polar surface area (TPSA) is 76.5 Å². The van der Waals surface area contributed by atoms with E-state index >= 15 is 0 Å². The predicted octanol–water partition coefficient (Wildman–Crippen LogP) is 4.50. The van der Waals surface area contributed by atoms with Gasteiger partial charge in [-0.05, 0) is 62.8 Å². The molecule has 2 heterocycles. The summed E-state index contributed by atoms with van der Waals surface area (Å²) in [5.74, 6) is 0.626. The number of aromatic nitrogens is 2. The number of ether oxygens (including phenoxy) is 1. The molecule has 0 unspecified atom stereocenters. The molecule has 0 saturated heterocycles.